The Morgan fingerprint density at radius 1 is 1.12 bits per heavy atom. The molecular weight excluding hydrogens is 322 g/mol. The van der Waals surface area contributed by atoms with Gasteiger partial charge in [-0.1, -0.05) is 42.5 Å². The summed E-state index contributed by atoms with van der Waals surface area (Å²) in [6.45, 7) is 5.36. The van der Waals surface area contributed by atoms with Crippen LogP contribution in [-0.4, -0.2) is 33.6 Å². The van der Waals surface area contributed by atoms with E-state index in [9.17, 15) is 4.79 Å². The van der Waals surface area contributed by atoms with Crippen molar-refractivity contribution < 1.29 is 0 Å². The number of hydrogen-bond acceptors (Lipinski definition) is 2. The topological polar surface area (TPSA) is 41.0 Å². The second kappa shape index (κ2) is 7.50. The van der Waals surface area contributed by atoms with Crippen LogP contribution in [0.2, 0.25) is 0 Å². The van der Waals surface area contributed by atoms with Crippen LogP contribution in [0.5, 0.6) is 0 Å². The SMILES string of the molecule is CC(Cc1ccccc1)N1CCCC(Cn2c(=O)[nH]c3ccccc32)C1. The third-order valence-corrected chi connectivity index (χ3v) is 5.67. The molecule has 0 amide bonds. The van der Waals surface area contributed by atoms with Crippen molar-refractivity contribution in [2.75, 3.05) is 13.1 Å². The molecule has 2 heterocycles. The number of H-pyrrole nitrogens is 1. The molecule has 0 spiro atoms. The van der Waals surface area contributed by atoms with Crippen LogP contribution in [-0.2, 0) is 13.0 Å². The highest BCUT2D eigenvalue weighted by Gasteiger charge is 2.24. The van der Waals surface area contributed by atoms with Gasteiger partial charge in [-0.2, -0.15) is 0 Å². The minimum absolute atomic E-state index is 0.0145. The monoisotopic (exact) mass is 349 g/mol. The van der Waals surface area contributed by atoms with E-state index in [0.717, 1.165) is 37.1 Å². The first kappa shape index (κ1) is 17.1. The number of likely N-dealkylation sites (tertiary alicyclic amines) is 1. The number of aromatic amines is 1. The van der Waals surface area contributed by atoms with Crippen molar-refractivity contribution in [2.45, 2.75) is 38.8 Å². The van der Waals surface area contributed by atoms with Crippen LogP contribution in [0.1, 0.15) is 25.3 Å². The summed E-state index contributed by atoms with van der Waals surface area (Å²) in [6, 6.07) is 19.2. The van der Waals surface area contributed by atoms with E-state index >= 15 is 0 Å². The lowest BCUT2D eigenvalue weighted by Gasteiger charge is -2.37. The molecule has 1 aromatic heterocycles. The number of aromatic nitrogens is 2. The number of nitrogens with one attached hydrogen (secondary N) is 1. The van der Waals surface area contributed by atoms with Crippen LogP contribution < -0.4 is 5.69 Å². The molecule has 1 aliphatic heterocycles. The van der Waals surface area contributed by atoms with Crippen LogP contribution in [0.25, 0.3) is 11.0 Å². The zero-order valence-electron chi connectivity index (χ0n) is 15.4. The van der Waals surface area contributed by atoms with E-state index in [0.29, 0.717) is 12.0 Å². The van der Waals surface area contributed by atoms with Gasteiger partial charge in [0.15, 0.2) is 0 Å². The molecule has 0 bridgehead atoms. The van der Waals surface area contributed by atoms with Crippen LogP contribution in [0.15, 0.2) is 59.4 Å². The van der Waals surface area contributed by atoms with E-state index in [2.05, 4.69) is 47.1 Å². The van der Waals surface area contributed by atoms with E-state index in [-0.39, 0.29) is 5.69 Å². The lowest BCUT2D eigenvalue weighted by Crippen LogP contribution is -2.43. The van der Waals surface area contributed by atoms with Crippen molar-refractivity contribution in [1.29, 1.82) is 0 Å². The maximum atomic E-state index is 12.4. The van der Waals surface area contributed by atoms with Crippen molar-refractivity contribution in [3.8, 4) is 0 Å². The van der Waals surface area contributed by atoms with Gasteiger partial charge in [0.2, 0.25) is 0 Å². The summed E-state index contributed by atoms with van der Waals surface area (Å²) in [5.74, 6) is 0.527. The van der Waals surface area contributed by atoms with Crippen LogP contribution in [0.4, 0.5) is 0 Å². The third-order valence-electron chi connectivity index (χ3n) is 5.67. The number of nitrogens with zero attached hydrogens (tertiary/aromatic N) is 2. The normalized spacial score (nSPS) is 19.7. The Kier molecular flexibility index (Phi) is 4.93. The van der Waals surface area contributed by atoms with Crippen LogP contribution >= 0.6 is 0 Å². The summed E-state index contributed by atoms with van der Waals surface area (Å²) in [4.78, 5) is 17.9. The standard InChI is InChI=1S/C22H27N3O/c1-17(14-18-8-3-2-4-9-18)24-13-7-10-19(15-24)16-25-21-12-6-5-11-20(21)23-22(25)26/h2-6,8-9,11-12,17,19H,7,10,13-16H2,1H3,(H,23,26). The molecule has 1 N–H and O–H groups in total. The Labute approximate surface area is 154 Å². The van der Waals surface area contributed by atoms with Crippen molar-refractivity contribution in [1.82, 2.24) is 14.5 Å². The van der Waals surface area contributed by atoms with E-state index in [1.165, 1.54) is 18.4 Å². The quantitative estimate of drug-likeness (QED) is 0.763. The van der Waals surface area contributed by atoms with Gasteiger partial charge in [-0.05, 0) is 56.3 Å². The molecular formula is C22H27N3O. The van der Waals surface area contributed by atoms with Gasteiger partial charge in [0, 0.05) is 19.1 Å². The van der Waals surface area contributed by atoms with Gasteiger partial charge >= 0.3 is 5.69 Å². The van der Waals surface area contributed by atoms with Gasteiger partial charge in [0.25, 0.3) is 0 Å². The average Bonchev–Trinajstić information content (AvgIpc) is 2.98. The Bertz CT molecular complexity index is 912. The number of fused-ring (bicyclic) bond motifs is 1. The van der Waals surface area contributed by atoms with E-state index in [1.807, 2.05) is 28.8 Å². The molecule has 4 rings (SSSR count). The minimum atomic E-state index is 0.0145. The molecule has 2 aromatic carbocycles. The average molecular weight is 349 g/mol. The van der Waals surface area contributed by atoms with Crippen LogP contribution in [0, 0.1) is 5.92 Å². The predicted octanol–water partition coefficient (Wildman–Crippen LogP) is 3.67. The van der Waals surface area contributed by atoms with E-state index in [1.54, 1.807) is 0 Å². The van der Waals surface area contributed by atoms with Gasteiger partial charge in [0.1, 0.15) is 0 Å². The summed E-state index contributed by atoms with van der Waals surface area (Å²) in [7, 11) is 0. The lowest BCUT2D eigenvalue weighted by atomic mass is 9.95. The molecule has 26 heavy (non-hydrogen) atoms. The maximum absolute atomic E-state index is 12.4. The van der Waals surface area contributed by atoms with Gasteiger partial charge < -0.3 is 4.98 Å². The first-order chi connectivity index (χ1) is 12.7. The maximum Gasteiger partial charge on any atom is 0.326 e. The van der Waals surface area contributed by atoms with E-state index in [4.69, 9.17) is 0 Å². The highest BCUT2D eigenvalue weighted by molar-refractivity contribution is 5.74. The first-order valence-electron chi connectivity index (χ1n) is 9.66. The second-order valence-electron chi connectivity index (χ2n) is 7.60. The molecule has 3 aromatic rings. The number of benzene rings is 2. The van der Waals surface area contributed by atoms with Crippen LogP contribution in [0.3, 0.4) is 0 Å². The molecule has 1 saturated heterocycles. The molecule has 4 nitrogen and oxygen atoms in total. The lowest BCUT2D eigenvalue weighted by molar-refractivity contribution is 0.122. The molecule has 0 aliphatic carbocycles. The Morgan fingerprint density at radius 2 is 1.88 bits per heavy atom. The van der Waals surface area contributed by atoms with Gasteiger partial charge in [0.05, 0.1) is 11.0 Å². The largest absolute Gasteiger partial charge is 0.326 e. The fraction of sp³-hybridized carbons (Fsp3) is 0.409. The predicted molar refractivity (Wildman–Crippen MR) is 106 cm³/mol. The zero-order valence-corrected chi connectivity index (χ0v) is 15.4. The molecule has 2 atom stereocenters. The molecule has 1 aliphatic rings. The molecule has 0 saturated carbocycles. The minimum Gasteiger partial charge on any atom is -0.306 e. The molecule has 2 unspecified atom stereocenters. The Hall–Kier alpha value is -2.33. The second-order valence-corrected chi connectivity index (χ2v) is 7.60. The number of imidazole rings is 1. The summed E-state index contributed by atoms with van der Waals surface area (Å²) in [6.07, 6.45) is 3.49. The zero-order chi connectivity index (χ0) is 17.9. The first-order valence-corrected chi connectivity index (χ1v) is 9.66. The highest BCUT2D eigenvalue weighted by atomic mass is 16.1. The van der Waals surface area contributed by atoms with Gasteiger partial charge in [-0.25, -0.2) is 4.79 Å². The summed E-state index contributed by atoms with van der Waals surface area (Å²) in [5.41, 5.74) is 3.37. The van der Waals surface area contributed by atoms with Gasteiger partial charge in [-0.3, -0.25) is 9.47 Å². The molecule has 1 fully saturated rings. The summed E-state index contributed by atoms with van der Waals surface area (Å²) >= 11 is 0. The number of hydrogen-bond donors (Lipinski definition) is 1. The Morgan fingerprint density at radius 3 is 2.73 bits per heavy atom. The molecule has 136 valence electrons. The number of piperidine rings is 1. The van der Waals surface area contributed by atoms with Crippen molar-refractivity contribution in [2.24, 2.45) is 5.92 Å². The fourth-order valence-electron chi connectivity index (χ4n) is 4.28. The Balaban J connectivity index is 1.45. The molecule has 4 heteroatoms. The number of para-hydroxylation sites is 2. The smallest absolute Gasteiger partial charge is 0.306 e. The third kappa shape index (κ3) is 3.61. The van der Waals surface area contributed by atoms with Crippen molar-refractivity contribution in [3.63, 3.8) is 0 Å². The van der Waals surface area contributed by atoms with E-state index < -0.39 is 0 Å². The van der Waals surface area contributed by atoms with Gasteiger partial charge in [-0.15, -0.1) is 0 Å². The van der Waals surface area contributed by atoms with Crippen molar-refractivity contribution >= 4 is 11.0 Å². The summed E-state index contributed by atoms with van der Waals surface area (Å²) in [5, 5.41) is 0. The highest BCUT2D eigenvalue weighted by Crippen LogP contribution is 2.22. The number of rotatable bonds is 5. The van der Waals surface area contributed by atoms with Crippen molar-refractivity contribution in [3.05, 3.63) is 70.6 Å². The molecule has 0 radical (unpaired) electrons. The summed E-state index contributed by atoms with van der Waals surface area (Å²) < 4.78 is 1.92. The fourth-order valence-corrected chi connectivity index (χ4v) is 4.28.